The number of nitrogens with one attached hydrogen (secondary N) is 1. The van der Waals surface area contributed by atoms with Crippen molar-refractivity contribution in [3.05, 3.63) is 78.9 Å². The fraction of sp³-hybridized carbons (Fsp3) is 0.296. The molecule has 42 heavy (non-hydrogen) atoms. The van der Waals surface area contributed by atoms with Gasteiger partial charge in [0.1, 0.15) is 29.5 Å². The number of carbonyl (C=O) groups is 1. The summed E-state index contributed by atoms with van der Waals surface area (Å²) in [6, 6.07) is 12.5. The minimum Gasteiger partial charge on any atom is -0.406 e. The summed E-state index contributed by atoms with van der Waals surface area (Å²) in [6.45, 7) is 0.366. The van der Waals surface area contributed by atoms with E-state index in [-0.39, 0.29) is 24.5 Å². The molecule has 0 aliphatic carbocycles. The lowest BCUT2D eigenvalue weighted by Gasteiger charge is -2.40. The Hall–Kier alpha value is -4.37. The summed E-state index contributed by atoms with van der Waals surface area (Å²) in [7, 11) is -4.28. The number of halogens is 3. The maximum absolute atomic E-state index is 13.7. The van der Waals surface area contributed by atoms with Crippen LogP contribution in [0.3, 0.4) is 0 Å². The molecule has 0 spiro atoms. The van der Waals surface area contributed by atoms with Gasteiger partial charge in [-0.15, -0.1) is 13.2 Å². The number of sulfonamides is 1. The molecule has 0 bridgehead atoms. The normalized spacial score (nSPS) is 16.4. The van der Waals surface area contributed by atoms with Crippen molar-refractivity contribution < 1.29 is 31.1 Å². The van der Waals surface area contributed by atoms with Crippen molar-refractivity contribution in [2.45, 2.75) is 30.1 Å². The SMILES string of the molecule is O=C(NCCCc1ccccc1)C1CN(c2cnc3cncnc3n2)CCN1S(=O)(=O)c1ccc(OC(F)(F)F)cc1. The Kier molecular flexibility index (Phi) is 8.49. The van der Waals surface area contributed by atoms with E-state index < -0.39 is 34.1 Å². The average molecular weight is 602 g/mol. The van der Waals surface area contributed by atoms with E-state index in [4.69, 9.17) is 0 Å². The monoisotopic (exact) mass is 601 g/mol. The molecule has 2 aromatic carbocycles. The number of ether oxygens (including phenoxy) is 1. The number of aromatic nitrogens is 4. The van der Waals surface area contributed by atoms with E-state index in [1.807, 2.05) is 30.3 Å². The number of hydrogen-bond donors (Lipinski definition) is 1. The number of fused-ring (bicyclic) bond motifs is 1. The van der Waals surface area contributed by atoms with Crippen LogP contribution >= 0.6 is 0 Å². The number of piperazine rings is 1. The van der Waals surface area contributed by atoms with E-state index >= 15 is 0 Å². The Morgan fingerprint density at radius 1 is 1.02 bits per heavy atom. The quantitative estimate of drug-likeness (QED) is 0.288. The lowest BCUT2D eigenvalue weighted by atomic mass is 10.1. The van der Waals surface area contributed by atoms with Crippen LogP contribution in [0.15, 0.2) is 78.2 Å². The van der Waals surface area contributed by atoms with E-state index in [1.165, 1.54) is 18.7 Å². The van der Waals surface area contributed by atoms with Crippen LogP contribution in [0.5, 0.6) is 5.75 Å². The Morgan fingerprint density at radius 3 is 2.52 bits per heavy atom. The third-order valence-electron chi connectivity index (χ3n) is 6.62. The molecule has 220 valence electrons. The van der Waals surface area contributed by atoms with E-state index in [9.17, 15) is 26.4 Å². The summed E-state index contributed by atoms with van der Waals surface area (Å²) in [6.07, 6.45) is 0.792. The van der Waals surface area contributed by atoms with E-state index in [0.717, 1.165) is 40.6 Å². The molecule has 15 heteroatoms. The first-order valence-electron chi connectivity index (χ1n) is 13.0. The van der Waals surface area contributed by atoms with Gasteiger partial charge in [-0.3, -0.25) is 4.79 Å². The minimum absolute atomic E-state index is 0.0374. The van der Waals surface area contributed by atoms with Gasteiger partial charge in [0, 0.05) is 26.2 Å². The van der Waals surface area contributed by atoms with Crippen molar-refractivity contribution in [2.24, 2.45) is 0 Å². The molecule has 1 amide bonds. The Morgan fingerprint density at radius 2 is 1.79 bits per heavy atom. The summed E-state index contributed by atoms with van der Waals surface area (Å²) in [5.74, 6) is -0.657. The molecule has 3 heterocycles. The highest BCUT2D eigenvalue weighted by molar-refractivity contribution is 7.89. The van der Waals surface area contributed by atoms with Crippen LogP contribution in [-0.4, -0.2) is 77.1 Å². The largest absolute Gasteiger partial charge is 0.573 e. The fourth-order valence-electron chi connectivity index (χ4n) is 4.60. The number of benzene rings is 2. The number of alkyl halides is 3. The minimum atomic E-state index is -4.92. The van der Waals surface area contributed by atoms with E-state index in [0.29, 0.717) is 29.9 Å². The first kappa shape index (κ1) is 29.1. The van der Waals surface area contributed by atoms with Crippen molar-refractivity contribution in [2.75, 3.05) is 31.1 Å². The van der Waals surface area contributed by atoms with Crippen LogP contribution in [-0.2, 0) is 21.2 Å². The molecule has 1 aliphatic heterocycles. The van der Waals surface area contributed by atoms with Crippen LogP contribution in [0.4, 0.5) is 19.0 Å². The molecule has 2 aromatic heterocycles. The van der Waals surface area contributed by atoms with Crippen LogP contribution < -0.4 is 15.0 Å². The van der Waals surface area contributed by atoms with E-state index in [1.54, 1.807) is 4.90 Å². The van der Waals surface area contributed by atoms with Crippen molar-refractivity contribution in [1.82, 2.24) is 29.6 Å². The zero-order valence-electron chi connectivity index (χ0n) is 22.1. The van der Waals surface area contributed by atoms with Crippen LogP contribution in [0.25, 0.3) is 11.2 Å². The Labute approximate surface area is 239 Å². The summed E-state index contributed by atoms with van der Waals surface area (Å²) in [5, 5.41) is 2.84. The molecule has 0 radical (unpaired) electrons. The molecular weight excluding hydrogens is 575 g/mol. The van der Waals surface area contributed by atoms with Crippen molar-refractivity contribution in [3.63, 3.8) is 0 Å². The maximum Gasteiger partial charge on any atom is 0.573 e. The smallest absolute Gasteiger partial charge is 0.406 e. The predicted molar refractivity (Wildman–Crippen MR) is 146 cm³/mol. The second kappa shape index (κ2) is 12.2. The number of nitrogens with zero attached hydrogens (tertiary/aromatic N) is 6. The van der Waals surface area contributed by atoms with Gasteiger partial charge in [-0.05, 0) is 42.7 Å². The molecule has 11 nitrogen and oxygen atoms in total. The zero-order valence-corrected chi connectivity index (χ0v) is 22.9. The number of rotatable bonds is 9. The van der Waals surface area contributed by atoms with Gasteiger partial charge in [-0.1, -0.05) is 30.3 Å². The summed E-state index contributed by atoms with van der Waals surface area (Å²) < 4.78 is 70.0. The van der Waals surface area contributed by atoms with Crippen LogP contribution in [0.2, 0.25) is 0 Å². The highest BCUT2D eigenvalue weighted by Crippen LogP contribution is 2.28. The van der Waals surface area contributed by atoms with Crippen molar-refractivity contribution >= 4 is 32.9 Å². The molecule has 1 aliphatic rings. The number of hydrogen-bond acceptors (Lipinski definition) is 9. The second-order valence-corrected chi connectivity index (χ2v) is 11.3. The third-order valence-corrected chi connectivity index (χ3v) is 8.54. The maximum atomic E-state index is 13.7. The number of carbonyl (C=O) groups excluding carboxylic acids is 1. The van der Waals surface area contributed by atoms with Gasteiger partial charge in [0.15, 0.2) is 5.65 Å². The highest BCUT2D eigenvalue weighted by atomic mass is 32.2. The van der Waals surface area contributed by atoms with Gasteiger partial charge >= 0.3 is 6.36 Å². The lowest BCUT2D eigenvalue weighted by molar-refractivity contribution is -0.274. The molecule has 1 atom stereocenters. The predicted octanol–water partition coefficient (Wildman–Crippen LogP) is 2.95. The first-order valence-corrected chi connectivity index (χ1v) is 14.4. The summed E-state index contributed by atoms with van der Waals surface area (Å²) in [4.78, 5) is 31.8. The van der Waals surface area contributed by atoms with Gasteiger partial charge in [0.05, 0.1) is 17.3 Å². The topological polar surface area (TPSA) is 131 Å². The third kappa shape index (κ3) is 6.91. The Balaban J connectivity index is 1.36. The van der Waals surface area contributed by atoms with Crippen LogP contribution in [0, 0.1) is 0 Å². The molecule has 1 unspecified atom stereocenters. The summed E-state index contributed by atoms with van der Waals surface area (Å²) in [5.41, 5.74) is 1.94. The molecule has 0 saturated carbocycles. The molecule has 1 N–H and O–H groups in total. The molecule has 5 rings (SSSR count). The molecule has 4 aromatic rings. The molecular formula is C27H26F3N7O4S. The molecule has 1 saturated heterocycles. The summed E-state index contributed by atoms with van der Waals surface area (Å²) >= 11 is 0. The second-order valence-electron chi connectivity index (χ2n) is 9.44. The number of amides is 1. The standard InChI is InChI=1S/C27H26F3N7O4S/c28-27(29,30)41-20-8-10-21(11-9-20)42(39,40)37-14-13-36(24-16-33-22-15-31-18-34-25(22)35-24)17-23(37)26(38)32-12-4-7-19-5-2-1-3-6-19/h1-3,5-6,8-11,15-16,18,23H,4,7,12-14,17H2,(H,32,38). The van der Waals surface area contributed by atoms with Gasteiger partial charge in [-0.2, -0.15) is 4.31 Å². The molecule has 1 fully saturated rings. The van der Waals surface area contributed by atoms with Crippen LogP contribution in [0.1, 0.15) is 12.0 Å². The van der Waals surface area contributed by atoms with Gasteiger partial charge in [0.25, 0.3) is 0 Å². The van der Waals surface area contributed by atoms with E-state index in [2.05, 4.69) is 30.0 Å². The highest BCUT2D eigenvalue weighted by Gasteiger charge is 2.41. The average Bonchev–Trinajstić information content (AvgIpc) is 2.98. The van der Waals surface area contributed by atoms with Gasteiger partial charge < -0.3 is 15.0 Å². The lowest BCUT2D eigenvalue weighted by Crippen LogP contribution is -2.60. The van der Waals surface area contributed by atoms with Gasteiger partial charge in [-0.25, -0.2) is 28.4 Å². The van der Waals surface area contributed by atoms with Crippen molar-refractivity contribution in [1.29, 1.82) is 0 Å². The van der Waals surface area contributed by atoms with Crippen molar-refractivity contribution in [3.8, 4) is 5.75 Å². The number of anilines is 1. The van der Waals surface area contributed by atoms with Gasteiger partial charge in [0.2, 0.25) is 15.9 Å². The Bertz CT molecular complexity index is 1640. The zero-order chi connectivity index (χ0) is 29.7. The number of aryl methyl sites for hydroxylation is 1. The first-order chi connectivity index (χ1) is 20.1. The fourth-order valence-corrected chi connectivity index (χ4v) is 6.17.